The quantitative estimate of drug-likeness (QED) is 0.482. The van der Waals surface area contributed by atoms with Crippen molar-refractivity contribution in [2.45, 2.75) is 33.7 Å². The van der Waals surface area contributed by atoms with Crippen LogP contribution >= 0.6 is 11.3 Å². The highest BCUT2D eigenvalue weighted by atomic mass is 32.1. The lowest BCUT2D eigenvalue weighted by Crippen LogP contribution is -2.39. The highest BCUT2D eigenvalue weighted by Gasteiger charge is 2.46. The number of ketones is 1. The Balaban J connectivity index is 2.22. The Morgan fingerprint density at radius 1 is 1.19 bits per heavy atom. The van der Waals surface area contributed by atoms with Gasteiger partial charge in [0, 0.05) is 21.4 Å². The van der Waals surface area contributed by atoms with Gasteiger partial charge in [-0.3, -0.25) is 19.3 Å². The molecule has 1 fully saturated rings. The standard InChI is InChI=1S/C14H16N2O4S/c1-7(2)16-13(19)12(18)15(14(16)20)6-11(17)10-5-8(3)21-9(10)4/h5,7H,6H2,1-4H3. The Bertz CT molecular complexity index is 647. The van der Waals surface area contributed by atoms with Crippen LogP contribution in [-0.2, 0) is 9.59 Å². The normalized spacial score (nSPS) is 15.6. The molecule has 0 radical (unpaired) electrons. The first kappa shape index (κ1) is 15.4. The predicted octanol–water partition coefficient (Wildman–Crippen LogP) is 1.75. The van der Waals surface area contributed by atoms with E-state index in [2.05, 4.69) is 0 Å². The Hall–Kier alpha value is -2.02. The molecule has 4 amide bonds. The summed E-state index contributed by atoms with van der Waals surface area (Å²) in [6.07, 6.45) is 0. The summed E-state index contributed by atoms with van der Waals surface area (Å²) in [6.45, 7) is 6.57. The average Bonchev–Trinajstić information content (AvgIpc) is 2.82. The molecule has 0 spiro atoms. The number of hydrogen-bond donors (Lipinski definition) is 0. The zero-order valence-corrected chi connectivity index (χ0v) is 13.1. The SMILES string of the molecule is Cc1cc(C(=O)CN2C(=O)C(=O)N(C(C)C)C2=O)c(C)s1. The fourth-order valence-electron chi connectivity index (χ4n) is 2.25. The minimum absolute atomic E-state index is 0.336. The van der Waals surface area contributed by atoms with Gasteiger partial charge in [-0.05, 0) is 33.8 Å². The molecule has 21 heavy (non-hydrogen) atoms. The molecule has 6 nitrogen and oxygen atoms in total. The van der Waals surface area contributed by atoms with Crippen LogP contribution in [0.25, 0.3) is 0 Å². The zero-order valence-electron chi connectivity index (χ0n) is 12.3. The maximum absolute atomic E-state index is 12.2. The van der Waals surface area contributed by atoms with Crippen LogP contribution in [0.5, 0.6) is 0 Å². The number of Topliss-reactive ketones (excluding diaryl/α,β-unsaturated/α-hetero) is 1. The Morgan fingerprint density at radius 3 is 2.24 bits per heavy atom. The molecule has 0 bridgehead atoms. The largest absolute Gasteiger partial charge is 0.334 e. The summed E-state index contributed by atoms with van der Waals surface area (Å²) in [7, 11) is 0. The number of urea groups is 1. The average molecular weight is 308 g/mol. The van der Waals surface area contributed by atoms with E-state index in [0.717, 1.165) is 19.6 Å². The zero-order chi connectivity index (χ0) is 15.9. The van der Waals surface area contributed by atoms with E-state index in [1.807, 2.05) is 13.8 Å². The number of carbonyl (C=O) groups excluding carboxylic acids is 4. The van der Waals surface area contributed by atoms with Crippen LogP contribution in [0.4, 0.5) is 4.79 Å². The summed E-state index contributed by atoms with van der Waals surface area (Å²) in [5.74, 6) is -2.15. The van der Waals surface area contributed by atoms with E-state index in [9.17, 15) is 19.2 Å². The molecular formula is C14H16N2O4S. The monoisotopic (exact) mass is 308 g/mol. The van der Waals surface area contributed by atoms with Crippen molar-refractivity contribution in [1.29, 1.82) is 0 Å². The van der Waals surface area contributed by atoms with Crippen LogP contribution in [0.1, 0.15) is 34.0 Å². The molecule has 0 aromatic carbocycles. The van der Waals surface area contributed by atoms with E-state index in [0.29, 0.717) is 5.56 Å². The van der Waals surface area contributed by atoms with Gasteiger partial charge in [-0.15, -0.1) is 11.3 Å². The summed E-state index contributed by atoms with van der Waals surface area (Å²) in [4.78, 5) is 51.4. The lowest BCUT2D eigenvalue weighted by Gasteiger charge is -2.17. The summed E-state index contributed by atoms with van der Waals surface area (Å²) >= 11 is 1.48. The Morgan fingerprint density at radius 2 is 1.81 bits per heavy atom. The van der Waals surface area contributed by atoms with Gasteiger partial charge in [0.15, 0.2) is 5.78 Å². The molecule has 0 unspecified atom stereocenters. The maximum atomic E-state index is 12.2. The maximum Gasteiger partial charge on any atom is 0.334 e. The number of aryl methyl sites for hydroxylation is 2. The molecule has 1 saturated heterocycles. The fourth-order valence-corrected chi connectivity index (χ4v) is 3.20. The van der Waals surface area contributed by atoms with E-state index < -0.39 is 30.4 Å². The minimum atomic E-state index is -0.938. The van der Waals surface area contributed by atoms with Crippen molar-refractivity contribution < 1.29 is 19.2 Å². The van der Waals surface area contributed by atoms with Crippen LogP contribution in [0.3, 0.4) is 0 Å². The van der Waals surface area contributed by atoms with E-state index in [1.165, 1.54) is 11.3 Å². The van der Waals surface area contributed by atoms with Crippen molar-refractivity contribution in [3.05, 3.63) is 21.4 Å². The second kappa shape index (κ2) is 5.40. The smallest absolute Gasteiger partial charge is 0.292 e. The first-order valence-electron chi connectivity index (χ1n) is 6.53. The molecule has 7 heteroatoms. The first-order chi connectivity index (χ1) is 9.73. The van der Waals surface area contributed by atoms with E-state index in [-0.39, 0.29) is 5.78 Å². The molecule has 1 aliphatic rings. The van der Waals surface area contributed by atoms with Crippen molar-refractivity contribution in [3.8, 4) is 0 Å². The van der Waals surface area contributed by atoms with Crippen LogP contribution in [0.15, 0.2) is 6.07 Å². The van der Waals surface area contributed by atoms with E-state index in [4.69, 9.17) is 0 Å². The first-order valence-corrected chi connectivity index (χ1v) is 7.35. The second-order valence-corrected chi connectivity index (χ2v) is 6.65. The van der Waals surface area contributed by atoms with Crippen LogP contribution in [0.2, 0.25) is 0 Å². The van der Waals surface area contributed by atoms with E-state index >= 15 is 0 Å². The lowest BCUT2D eigenvalue weighted by atomic mass is 10.1. The van der Waals surface area contributed by atoms with Gasteiger partial charge in [0.05, 0.1) is 6.54 Å². The molecule has 0 aliphatic carbocycles. The molecule has 2 rings (SSSR count). The molecule has 0 atom stereocenters. The molecule has 2 heterocycles. The van der Waals surface area contributed by atoms with Crippen LogP contribution in [-0.4, -0.2) is 46.0 Å². The molecule has 1 aliphatic heterocycles. The van der Waals surface area contributed by atoms with Gasteiger partial charge >= 0.3 is 17.8 Å². The van der Waals surface area contributed by atoms with Crippen LogP contribution < -0.4 is 0 Å². The molecule has 0 saturated carbocycles. The third-order valence-corrected chi connectivity index (χ3v) is 4.21. The number of amides is 4. The van der Waals surface area contributed by atoms with Gasteiger partial charge in [0.1, 0.15) is 0 Å². The predicted molar refractivity (Wildman–Crippen MR) is 77.2 cm³/mol. The summed E-state index contributed by atoms with van der Waals surface area (Å²) < 4.78 is 0. The number of imide groups is 2. The second-order valence-electron chi connectivity index (χ2n) is 5.19. The van der Waals surface area contributed by atoms with E-state index in [1.54, 1.807) is 19.9 Å². The third kappa shape index (κ3) is 2.61. The van der Waals surface area contributed by atoms with Gasteiger partial charge in [0.2, 0.25) is 0 Å². The topological polar surface area (TPSA) is 74.8 Å². The van der Waals surface area contributed by atoms with Gasteiger partial charge in [-0.25, -0.2) is 9.69 Å². The van der Waals surface area contributed by atoms with Crippen LogP contribution in [0, 0.1) is 13.8 Å². The molecule has 1 aromatic heterocycles. The number of rotatable bonds is 4. The van der Waals surface area contributed by atoms with Crippen molar-refractivity contribution >= 4 is 35.0 Å². The number of hydrogen-bond acceptors (Lipinski definition) is 5. The number of thiophene rings is 1. The van der Waals surface area contributed by atoms with Gasteiger partial charge in [-0.1, -0.05) is 0 Å². The minimum Gasteiger partial charge on any atom is -0.292 e. The Labute approximate surface area is 126 Å². The van der Waals surface area contributed by atoms with Gasteiger partial charge in [-0.2, -0.15) is 0 Å². The summed E-state index contributed by atoms with van der Waals surface area (Å²) in [6, 6.07) is 0.590. The summed E-state index contributed by atoms with van der Waals surface area (Å²) in [5.41, 5.74) is 0.494. The molecular weight excluding hydrogens is 292 g/mol. The Kier molecular flexibility index (Phi) is 3.95. The lowest BCUT2D eigenvalue weighted by molar-refractivity contribution is -0.143. The molecule has 1 aromatic rings. The van der Waals surface area contributed by atoms with Gasteiger partial charge < -0.3 is 0 Å². The van der Waals surface area contributed by atoms with Gasteiger partial charge in [0.25, 0.3) is 0 Å². The highest BCUT2D eigenvalue weighted by Crippen LogP contribution is 2.22. The van der Waals surface area contributed by atoms with Crippen molar-refractivity contribution in [1.82, 2.24) is 9.80 Å². The van der Waals surface area contributed by atoms with Crippen molar-refractivity contribution in [3.63, 3.8) is 0 Å². The number of nitrogens with zero attached hydrogens (tertiary/aromatic N) is 2. The molecule has 0 N–H and O–H groups in total. The van der Waals surface area contributed by atoms with Crippen molar-refractivity contribution in [2.75, 3.05) is 6.54 Å². The molecule has 112 valence electrons. The fraction of sp³-hybridized carbons (Fsp3) is 0.429. The highest BCUT2D eigenvalue weighted by molar-refractivity contribution is 7.12. The van der Waals surface area contributed by atoms with Crippen molar-refractivity contribution in [2.24, 2.45) is 0 Å². The number of carbonyl (C=O) groups is 4. The summed E-state index contributed by atoms with van der Waals surface area (Å²) in [5, 5.41) is 0. The third-order valence-electron chi connectivity index (χ3n) is 3.24.